The number of benzene rings is 2. The Morgan fingerprint density at radius 2 is 1.28 bits per heavy atom. The molecule has 92 valence electrons. The van der Waals surface area contributed by atoms with Crippen LogP contribution in [-0.2, 0) is 13.9 Å². The maximum atomic E-state index is 13.0. The van der Waals surface area contributed by atoms with E-state index in [-0.39, 0.29) is 0 Å². The van der Waals surface area contributed by atoms with Gasteiger partial charge in [0.25, 0.3) is 0 Å². The first-order valence-corrected chi connectivity index (χ1v) is 7.17. The molecule has 0 aliphatic heterocycles. The molecule has 0 saturated heterocycles. The van der Waals surface area contributed by atoms with Crippen molar-refractivity contribution in [1.29, 1.82) is 0 Å². The molecule has 0 saturated carbocycles. The summed E-state index contributed by atoms with van der Waals surface area (Å²) in [6.07, 6.45) is 0. The van der Waals surface area contributed by atoms with Crippen LogP contribution < -0.4 is 10.6 Å². The summed E-state index contributed by atoms with van der Waals surface area (Å²) in [7, 11) is -3.33. The molecule has 18 heavy (non-hydrogen) atoms. The Balaban J connectivity index is 2.55. The van der Waals surface area contributed by atoms with Gasteiger partial charge in [0.15, 0.2) is 0 Å². The summed E-state index contributed by atoms with van der Waals surface area (Å²) in [5.74, 6) is -0.550. The van der Waals surface area contributed by atoms with E-state index in [9.17, 15) is 9.36 Å². The fourth-order valence-electron chi connectivity index (χ4n) is 1.68. The highest BCUT2D eigenvalue weighted by Gasteiger charge is 2.30. The lowest BCUT2D eigenvalue weighted by Crippen LogP contribution is -2.19. The van der Waals surface area contributed by atoms with Gasteiger partial charge in [0.05, 0.1) is 10.6 Å². The van der Waals surface area contributed by atoms with Crippen LogP contribution in [0, 0.1) is 0 Å². The molecule has 0 aliphatic carbocycles. The van der Waals surface area contributed by atoms with Crippen LogP contribution in [0.5, 0.6) is 0 Å². The third-order valence-corrected chi connectivity index (χ3v) is 4.92. The monoisotopic (exact) mass is 260 g/mol. The van der Waals surface area contributed by atoms with Gasteiger partial charge in [-0.3, -0.25) is 9.36 Å². The molecular weight excluding hydrogens is 247 g/mol. The Morgan fingerprint density at radius 1 is 0.889 bits per heavy atom. The summed E-state index contributed by atoms with van der Waals surface area (Å²) in [5, 5.41) is 1.04. The Labute approximate surface area is 106 Å². The van der Waals surface area contributed by atoms with Crippen molar-refractivity contribution in [3.8, 4) is 0 Å². The van der Waals surface area contributed by atoms with E-state index in [2.05, 4.69) is 0 Å². The van der Waals surface area contributed by atoms with Crippen molar-refractivity contribution < 1.29 is 13.9 Å². The molecule has 0 aromatic heterocycles. The summed E-state index contributed by atoms with van der Waals surface area (Å²) < 4.78 is 18.1. The summed E-state index contributed by atoms with van der Waals surface area (Å²) in [4.78, 5) is 11.2. The van der Waals surface area contributed by atoms with Gasteiger partial charge in [-0.05, 0) is 24.3 Å². The second-order valence-electron chi connectivity index (χ2n) is 3.81. The van der Waals surface area contributed by atoms with Crippen molar-refractivity contribution in [3.05, 3.63) is 60.7 Å². The van der Waals surface area contributed by atoms with Gasteiger partial charge in [-0.15, -0.1) is 0 Å². The summed E-state index contributed by atoms with van der Waals surface area (Å²) in [6, 6.07) is 17.6. The van der Waals surface area contributed by atoms with Crippen molar-refractivity contribution in [1.82, 2.24) is 0 Å². The largest absolute Gasteiger partial charge is 0.405 e. The highest BCUT2D eigenvalue weighted by Crippen LogP contribution is 2.44. The molecule has 2 rings (SSSR count). The third kappa shape index (κ3) is 2.52. The number of carbonyl (C=O) groups excluding carboxylic acids is 1. The van der Waals surface area contributed by atoms with E-state index < -0.39 is 13.3 Å². The molecule has 2 aromatic carbocycles. The molecule has 0 N–H and O–H groups in total. The zero-order valence-corrected chi connectivity index (χ0v) is 10.8. The minimum absolute atomic E-state index is 0.520. The predicted molar refractivity (Wildman–Crippen MR) is 71.5 cm³/mol. The van der Waals surface area contributed by atoms with E-state index in [1.165, 1.54) is 6.92 Å². The van der Waals surface area contributed by atoms with Gasteiger partial charge < -0.3 is 4.52 Å². The van der Waals surface area contributed by atoms with E-state index in [1.54, 1.807) is 48.5 Å². The zero-order valence-electron chi connectivity index (χ0n) is 9.95. The van der Waals surface area contributed by atoms with E-state index in [4.69, 9.17) is 4.52 Å². The predicted octanol–water partition coefficient (Wildman–Crippen LogP) is 2.48. The van der Waals surface area contributed by atoms with Gasteiger partial charge in [0.1, 0.15) is 0 Å². The number of carbonyl (C=O) groups is 1. The standard InChI is InChI=1S/C14H13O3P/c1-12(15)17-18(16,13-8-4-2-5-9-13)14-10-6-3-7-11-14/h2-11H,1H3. The smallest absolute Gasteiger partial charge is 0.308 e. The van der Waals surface area contributed by atoms with Crippen molar-refractivity contribution >= 4 is 23.9 Å². The lowest BCUT2D eigenvalue weighted by Gasteiger charge is -2.17. The van der Waals surface area contributed by atoms with Crippen LogP contribution in [0.2, 0.25) is 0 Å². The van der Waals surface area contributed by atoms with Gasteiger partial charge in [0, 0.05) is 6.92 Å². The van der Waals surface area contributed by atoms with Gasteiger partial charge in [-0.25, -0.2) is 0 Å². The first kappa shape index (κ1) is 12.6. The van der Waals surface area contributed by atoms with E-state index >= 15 is 0 Å². The fraction of sp³-hybridized carbons (Fsp3) is 0.0714. The maximum Gasteiger partial charge on any atom is 0.308 e. The summed E-state index contributed by atoms with van der Waals surface area (Å²) in [6.45, 7) is 1.26. The molecule has 0 bridgehead atoms. The summed E-state index contributed by atoms with van der Waals surface area (Å²) >= 11 is 0. The molecule has 4 heteroatoms. The van der Waals surface area contributed by atoms with Crippen LogP contribution in [0.15, 0.2) is 60.7 Å². The normalized spacial score (nSPS) is 10.9. The first-order valence-electron chi connectivity index (χ1n) is 5.54. The quantitative estimate of drug-likeness (QED) is 0.796. The average molecular weight is 260 g/mol. The number of hydrogen-bond acceptors (Lipinski definition) is 3. The van der Waals surface area contributed by atoms with Crippen molar-refractivity contribution in [2.24, 2.45) is 0 Å². The first-order chi connectivity index (χ1) is 8.63. The van der Waals surface area contributed by atoms with Crippen molar-refractivity contribution in [3.63, 3.8) is 0 Å². The van der Waals surface area contributed by atoms with Crippen LogP contribution in [-0.4, -0.2) is 5.97 Å². The van der Waals surface area contributed by atoms with E-state index in [1.807, 2.05) is 12.1 Å². The van der Waals surface area contributed by atoms with Crippen molar-refractivity contribution in [2.75, 3.05) is 0 Å². The van der Waals surface area contributed by atoms with Gasteiger partial charge in [-0.1, -0.05) is 36.4 Å². The van der Waals surface area contributed by atoms with Gasteiger partial charge in [-0.2, -0.15) is 0 Å². The molecular formula is C14H13O3P. The van der Waals surface area contributed by atoms with Gasteiger partial charge >= 0.3 is 13.3 Å². The molecule has 0 spiro atoms. The minimum Gasteiger partial charge on any atom is -0.405 e. The molecule has 0 unspecified atom stereocenters. The highest BCUT2D eigenvalue weighted by molar-refractivity contribution is 7.74. The molecule has 0 atom stereocenters. The number of hydrogen-bond donors (Lipinski definition) is 0. The highest BCUT2D eigenvalue weighted by atomic mass is 31.2. The molecule has 2 aromatic rings. The molecule has 3 nitrogen and oxygen atoms in total. The van der Waals surface area contributed by atoms with Crippen LogP contribution in [0.1, 0.15) is 6.92 Å². The zero-order chi connectivity index (χ0) is 13.0. The van der Waals surface area contributed by atoms with Crippen LogP contribution in [0.25, 0.3) is 0 Å². The maximum absolute atomic E-state index is 13.0. The molecule has 0 aliphatic rings. The second kappa shape index (κ2) is 5.19. The minimum atomic E-state index is -3.33. The second-order valence-corrected chi connectivity index (χ2v) is 6.12. The fourth-order valence-corrected chi connectivity index (χ4v) is 3.68. The van der Waals surface area contributed by atoms with Gasteiger partial charge in [0.2, 0.25) is 0 Å². The topological polar surface area (TPSA) is 43.4 Å². The Kier molecular flexibility index (Phi) is 3.63. The Morgan fingerprint density at radius 3 is 1.61 bits per heavy atom. The lowest BCUT2D eigenvalue weighted by atomic mass is 10.4. The SMILES string of the molecule is CC(=O)OP(=O)(c1ccccc1)c1ccccc1. The van der Waals surface area contributed by atoms with Crippen LogP contribution >= 0.6 is 7.37 Å². The lowest BCUT2D eigenvalue weighted by molar-refractivity contribution is -0.131. The van der Waals surface area contributed by atoms with Crippen LogP contribution in [0.3, 0.4) is 0 Å². The van der Waals surface area contributed by atoms with E-state index in [0.29, 0.717) is 10.6 Å². The summed E-state index contributed by atoms with van der Waals surface area (Å²) in [5.41, 5.74) is 0. The number of rotatable bonds is 3. The molecule has 0 radical (unpaired) electrons. The molecule has 0 amide bonds. The van der Waals surface area contributed by atoms with Crippen molar-refractivity contribution in [2.45, 2.75) is 6.92 Å². The third-order valence-electron chi connectivity index (χ3n) is 2.45. The Hall–Kier alpha value is -1.86. The van der Waals surface area contributed by atoms with Crippen LogP contribution in [0.4, 0.5) is 0 Å². The molecule has 0 heterocycles. The molecule has 0 fully saturated rings. The Bertz CT molecular complexity index is 535. The average Bonchev–Trinajstić information content (AvgIpc) is 2.40. The van der Waals surface area contributed by atoms with E-state index in [0.717, 1.165) is 0 Å².